The highest BCUT2D eigenvalue weighted by Gasteiger charge is 2.49. The number of piperidine rings is 1. The van der Waals surface area contributed by atoms with Crippen molar-refractivity contribution in [3.8, 4) is 0 Å². The summed E-state index contributed by atoms with van der Waals surface area (Å²) in [7, 11) is 1.73. The molecule has 0 aromatic rings. The summed E-state index contributed by atoms with van der Waals surface area (Å²) in [5.74, 6) is 0.348. The Morgan fingerprint density at radius 2 is 2.25 bits per heavy atom. The van der Waals surface area contributed by atoms with Crippen molar-refractivity contribution >= 4 is 0 Å². The quantitative estimate of drug-likeness (QED) is 0.792. The number of hydrogen-bond acceptors (Lipinski definition) is 3. The molecule has 3 atom stereocenters. The van der Waals surface area contributed by atoms with Gasteiger partial charge in [0.2, 0.25) is 0 Å². The van der Waals surface area contributed by atoms with E-state index in [1.807, 2.05) is 0 Å². The van der Waals surface area contributed by atoms with Crippen LogP contribution in [0.15, 0.2) is 0 Å². The number of rotatable bonds is 4. The molecule has 0 aliphatic carbocycles. The van der Waals surface area contributed by atoms with Gasteiger partial charge in [-0.2, -0.15) is 0 Å². The van der Waals surface area contributed by atoms with Crippen molar-refractivity contribution in [2.75, 3.05) is 26.8 Å². The van der Waals surface area contributed by atoms with Gasteiger partial charge in [0.15, 0.2) is 0 Å². The molecule has 2 aliphatic heterocycles. The normalized spacial score (nSPS) is 37.3. The minimum atomic E-state index is -0.459. The van der Waals surface area contributed by atoms with Crippen LogP contribution in [0.5, 0.6) is 0 Å². The maximum absolute atomic E-state index is 10.9. The molecule has 2 saturated heterocycles. The first-order chi connectivity index (χ1) is 7.68. The number of fused-ring (bicyclic) bond motifs is 1. The van der Waals surface area contributed by atoms with E-state index in [2.05, 4.69) is 11.8 Å². The second kappa shape index (κ2) is 5.03. The predicted octanol–water partition coefficient (Wildman–Crippen LogP) is 1.65. The van der Waals surface area contributed by atoms with E-state index in [0.29, 0.717) is 12.0 Å². The van der Waals surface area contributed by atoms with Crippen molar-refractivity contribution in [3.05, 3.63) is 0 Å². The molecule has 3 nitrogen and oxygen atoms in total. The van der Waals surface area contributed by atoms with Crippen molar-refractivity contribution in [3.63, 3.8) is 0 Å². The minimum absolute atomic E-state index is 0.348. The molecule has 16 heavy (non-hydrogen) atoms. The van der Waals surface area contributed by atoms with Crippen LogP contribution >= 0.6 is 0 Å². The van der Waals surface area contributed by atoms with Gasteiger partial charge in [0.05, 0.1) is 5.60 Å². The van der Waals surface area contributed by atoms with Crippen LogP contribution in [0, 0.1) is 5.92 Å². The molecular weight excluding hydrogens is 202 g/mol. The zero-order chi connectivity index (χ0) is 11.6. The van der Waals surface area contributed by atoms with Crippen molar-refractivity contribution in [1.29, 1.82) is 0 Å². The lowest BCUT2D eigenvalue weighted by Gasteiger charge is -2.40. The highest BCUT2D eigenvalue weighted by atomic mass is 16.5. The van der Waals surface area contributed by atoms with Crippen LogP contribution in [0.2, 0.25) is 0 Å². The molecule has 2 heterocycles. The first kappa shape index (κ1) is 12.3. The number of ether oxygens (including phenoxy) is 1. The molecule has 0 spiro atoms. The lowest BCUT2D eigenvalue weighted by Crippen LogP contribution is -2.50. The Balaban J connectivity index is 2.00. The fraction of sp³-hybridized carbons (Fsp3) is 1.00. The van der Waals surface area contributed by atoms with E-state index >= 15 is 0 Å². The van der Waals surface area contributed by atoms with E-state index in [-0.39, 0.29) is 0 Å². The highest BCUT2D eigenvalue weighted by Crippen LogP contribution is 2.40. The first-order valence-corrected chi connectivity index (χ1v) is 6.64. The molecule has 2 fully saturated rings. The average molecular weight is 227 g/mol. The lowest BCUT2D eigenvalue weighted by atomic mass is 9.78. The van der Waals surface area contributed by atoms with E-state index in [1.165, 1.54) is 25.8 Å². The van der Waals surface area contributed by atoms with Gasteiger partial charge < -0.3 is 9.84 Å². The van der Waals surface area contributed by atoms with Crippen LogP contribution < -0.4 is 0 Å². The largest absolute Gasteiger partial charge is 0.388 e. The zero-order valence-corrected chi connectivity index (χ0v) is 10.6. The Morgan fingerprint density at radius 3 is 3.00 bits per heavy atom. The molecule has 0 bridgehead atoms. The molecule has 0 aromatic carbocycles. The van der Waals surface area contributed by atoms with Gasteiger partial charge in [-0.15, -0.1) is 0 Å². The van der Waals surface area contributed by atoms with Crippen LogP contribution in [0.1, 0.15) is 39.0 Å². The monoisotopic (exact) mass is 227 g/mol. The van der Waals surface area contributed by atoms with E-state index in [9.17, 15) is 5.11 Å². The van der Waals surface area contributed by atoms with E-state index in [0.717, 1.165) is 26.0 Å². The predicted molar refractivity (Wildman–Crippen MR) is 64.4 cm³/mol. The van der Waals surface area contributed by atoms with Crippen molar-refractivity contribution < 1.29 is 9.84 Å². The molecule has 1 N–H and O–H groups in total. The van der Waals surface area contributed by atoms with Crippen LogP contribution in [-0.4, -0.2) is 48.5 Å². The van der Waals surface area contributed by atoms with Crippen LogP contribution in [0.3, 0.4) is 0 Å². The van der Waals surface area contributed by atoms with Crippen LogP contribution in [0.4, 0.5) is 0 Å². The maximum Gasteiger partial charge on any atom is 0.0840 e. The summed E-state index contributed by atoms with van der Waals surface area (Å²) >= 11 is 0. The lowest BCUT2D eigenvalue weighted by molar-refractivity contribution is -0.0582. The Hall–Kier alpha value is -0.120. The Morgan fingerprint density at radius 1 is 1.44 bits per heavy atom. The molecule has 2 rings (SSSR count). The molecule has 94 valence electrons. The zero-order valence-electron chi connectivity index (χ0n) is 10.6. The molecule has 2 aliphatic rings. The molecule has 0 radical (unpaired) electrons. The van der Waals surface area contributed by atoms with Crippen molar-refractivity contribution in [2.45, 2.75) is 50.7 Å². The fourth-order valence-corrected chi connectivity index (χ4v) is 3.43. The maximum atomic E-state index is 10.9. The smallest absolute Gasteiger partial charge is 0.0840 e. The fourth-order valence-electron chi connectivity index (χ4n) is 3.43. The van der Waals surface area contributed by atoms with Gasteiger partial charge in [-0.1, -0.05) is 13.3 Å². The number of nitrogens with zero attached hydrogens (tertiary/aromatic N) is 1. The van der Waals surface area contributed by atoms with E-state index in [1.54, 1.807) is 7.11 Å². The van der Waals surface area contributed by atoms with Gasteiger partial charge >= 0.3 is 0 Å². The third-order valence-corrected chi connectivity index (χ3v) is 4.60. The van der Waals surface area contributed by atoms with Gasteiger partial charge in [0, 0.05) is 26.3 Å². The van der Waals surface area contributed by atoms with Crippen molar-refractivity contribution in [2.24, 2.45) is 5.92 Å². The summed E-state index contributed by atoms with van der Waals surface area (Å²) in [6.07, 6.45) is 5.67. The van der Waals surface area contributed by atoms with Crippen molar-refractivity contribution in [1.82, 2.24) is 4.90 Å². The first-order valence-electron chi connectivity index (χ1n) is 6.64. The molecule has 3 heteroatoms. The molecule has 0 saturated carbocycles. The Kier molecular flexibility index (Phi) is 3.88. The molecule has 3 unspecified atom stereocenters. The topological polar surface area (TPSA) is 32.7 Å². The molecule has 0 aromatic heterocycles. The number of aliphatic hydroxyl groups is 1. The summed E-state index contributed by atoms with van der Waals surface area (Å²) in [5, 5.41) is 10.9. The van der Waals surface area contributed by atoms with Gasteiger partial charge in [-0.3, -0.25) is 4.90 Å². The molecular formula is C13H25NO2. The highest BCUT2D eigenvalue weighted by molar-refractivity contribution is 5.03. The van der Waals surface area contributed by atoms with Gasteiger partial charge in [0.1, 0.15) is 0 Å². The minimum Gasteiger partial charge on any atom is -0.388 e. The Labute approximate surface area is 98.8 Å². The van der Waals surface area contributed by atoms with E-state index < -0.39 is 5.60 Å². The summed E-state index contributed by atoms with van der Waals surface area (Å²) in [4.78, 5) is 2.49. The Bertz CT molecular complexity index is 234. The van der Waals surface area contributed by atoms with E-state index in [4.69, 9.17) is 4.74 Å². The third kappa shape index (κ3) is 2.13. The number of hydrogen-bond donors (Lipinski definition) is 1. The van der Waals surface area contributed by atoms with Gasteiger partial charge in [0.25, 0.3) is 0 Å². The third-order valence-electron chi connectivity index (χ3n) is 4.60. The summed E-state index contributed by atoms with van der Waals surface area (Å²) in [6.45, 7) is 5.20. The number of methoxy groups -OCH3 is 1. The summed E-state index contributed by atoms with van der Waals surface area (Å²) in [5.41, 5.74) is -0.459. The van der Waals surface area contributed by atoms with Gasteiger partial charge in [-0.05, 0) is 38.1 Å². The molecule has 0 amide bonds. The van der Waals surface area contributed by atoms with Crippen LogP contribution in [-0.2, 0) is 4.74 Å². The average Bonchev–Trinajstić information content (AvgIpc) is 2.66. The van der Waals surface area contributed by atoms with Crippen LogP contribution in [0.25, 0.3) is 0 Å². The second-order valence-corrected chi connectivity index (χ2v) is 5.47. The SMILES string of the molecule is COCCC(C)C1(O)CCN2CCCCC21. The van der Waals surface area contributed by atoms with Gasteiger partial charge in [-0.25, -0.2) is 0 Å². The summed E-state index contributed by atoms with van der Waals surface area (Å²) in [6, 6.07) is 0.410. The standard InChI is InChI=1S/C13H25NO2/c1-11(6-10-16-2)13(15)7-9-14-8-4-3-5-12(13)14/h11-12,15H,3-10H2,1-2H3. The second-order valence-electron chi connectivity index (χ2n) is 5.47. The summed E-state index contributed by atoms with van der Waals surface area (Å²) < 4.78 is 5.13.